The second-order valence-electron chi connectivity index (χ2n) is 5.14. The van der Waals surface area contributed by atoms with Crippen LogP contribution in [0.5, 0.6) is 0 Å². The van der Waals surface area contributed by atoms with E-state index in [1.807, 2.05) is 12.1 Å². The highest BCUT2D eigenvalue weighted by Gasteiger charge is 2.29. The Morgan fingerprint density at radius 1 is 1.50 bits per heavy atom. The van der Waals surface area contributed by atoms with Crippen molar-refractivity contribution in [2.24, 2.45) is 5.73 Å². The normalized spacial score (nSPS) is 17.3. The molecule has 1 aliphatic heterocycles. The van der Waals surface area contributed by atoms with Crippen molar-refractivity contribution < 1.29 is 9.53 Å². The lowest BCUT2D eigenvalue weighted by molar-refractivity contribution is -0.116. The monoisotopic (exact) mass is 341 g/mol. The maximum absolute atomic E-state index is 11.6. The number of anilines is 2. The number of ether oxygens (including phenoxy) is 1. The van der Waals surface area contributed by atoms with Gasteiger partial charge < -0.3 is 20.7 Å². The van der Waals surface area contributed by atoms with Crippen molar-refractivity contribution in [2.75, 3.05) is 30.5 Å². The van der Waals surface area contributed by atoms with Gasteiger partial charge in [0, 0.05) is 35.4 Å². The second-order valence-corrected chi connectivity index (χ2v) is 5.99. The molecule has 20 heavy (non-hydrogen) atoms. The first-order chi connectivity index (χ1) is 9.45. The summed E-state index contributed by atoms with van der Waals surface area (Å²) in [5, 5.41) is 2.82. The van der Waals surface area contributed by atoms with Crippen LogP contribution in [-0.2, 0) is 9.53 Å². The van der Waals surface area contributed by atoms with E-state index in [4.69, 9.17) is 10.5 Å². The lowest BCUT2D eigenvalue weighted by Gasteiger charge is -2.30. The number of benzene rings is 1. The van der Waals surface area contributed by atoms with E-state index in [2.05, 4.69) is 40.0 Å². The van der Waals surface area contributed by atoms with Gasteiger partial charge in [0.2, 0.25) is 5.91 Å². The molecule has 0 aromatic heterocycles. The number of fused-ring (bicyclic) bond motifs is 1. The number of halogens is 1. The van der Waals surface area contributed by atoms with Crippen molar-refractivity contribution in [3.63, 3.8) is 0 Å². The minimum absolute atomic E-state index is 0.156. The number of nitrogens with zero attached hydrogens (tertiary/aromatic N) is 1. The van der Waals surface area contributed by atoms with Crippen LogP contribution in [-0.4, -0.2) is 32.2 Å². The third-order valence-electron chi connectivity index (χ3n) is 3.46. The first kappa shape index (κ1) is 15.3. The standard InChI is InChI=1S/C14H20BrN3O2/c1-8(2)18(4-5-20-3)12-7-11-9(6-10(12)15)13(16)14(19)17-11/h6-8,13H,4-5,16H2,1-3H3,(H,17,19). The molecule has 0 saturated heterocycles. The molecule has 0 fully saturated rings. The van der Waals surface area contributed by atoms with Crippen LogP contribution in [0, 0.1) is 0 Å². The third kappa shape index (κ3) is 2.82. The topological polar surface area (TPSA) is 67.6 Å². The first-order valence-corrected chi connectivity index (χ1v) is 7.40. The minimum atomic E-state index is -0.582. The van der Waals surface area contributed by atoms with Gasteiger partial charge >= 0.3 is 0 Å². The smallest absolute Gasteiger partial charge is 0.245 e. The molecule has 1 atom stereocenters. The van der Waals surface area contributed by atoms with Crippen LogP contribution < -0.4 is 16.0 Å². The Balaban J connectivity index is 2.37. The molecule has 3 N–H and O–H groups in total. The average molecular weight is 342 g/mol. The number of nitrogens with two attached hydrogens (primary N) is 1. The van der Waals surface area contributed by atoms with Crippen LogP contribution in [0.1, 0.15) is 25.5 Å². The highest BCUT2D eigenvalue weighted by Crippen LogP contribution is 2.38. The van der Waals surface area contributed by atoms with Crippen LogP contribution in [0.3, 0.4) is 0 Å². The molecule has 1 aromatic carbocycles. The molecule has 1 unspecified atom stereocenters. The molecule has 0 aliphatic carbocycles. The van der Waals surface area contributed by atoms with E-state index >= 15 is 0 Å². The lowest BCUT2D eigenvalue weighted by Crippen LogP contribution is -2.34. The van der Waals surface area contributed by atoms with Crippen LogP contribution >= 0.6 is 15.9 Å². The maximum atomic E-state index is 11.6. The van der Waals surface area contributed by atoms with Gasteiger partial charge in [0.25, 0.3) is 0 Å². The summed E-state index contributed by atoms with van der Waals surface area (Å²) in [6, 6.07) is 3.64. The zero-order chi connectivity index (χ0) is 14.9. The molecule has 0 bridgehead atoms. The summed E-state index contributed by atoms with van der Waals surface area (Å²) >= 11 is 3.58. The first-order valence-electron chi connectivity index (χ1n) is 6.61. The Morgan fingerprint density at radius 3 is 2.80 bits per heavy atom. The molecule has 2 rings (SSSR count). The fourth-order valence-electron chi connectivity index (χ4n) is 2.36. The summed E-state index contributed by atoms with van der Waals surface area (Å²) < 4.78 is 6.10. The summed E-state index contributed by atoms with van der Waals surface area (Å²) in [5.74, 6) is -0.156. The number of carbonyl (C=O) groups is 1. The summed E-state index contributed by atoms with van der Waals surface area (Å²) in [7, 11) is 1.69. The minimum Gasteiger partial charge on any atom is -0.383 e. The van der Waals surface area contributed by atoms with Crippen LogP contribution in [0.25, 0.3) is 0 Å². The molecular formula is C14H20BrN3O2. The summed E-state index contributed by atoms with van der Waals surface area (Å²) in [5.41, 5.74) is 8.52. The molecule has 5 nitrogen and oxygen atoms in total. The number of methoxy groups -OCH3 is 1. The Morgan fingerprint density at radius 2 is 2.20 bits per heavy atom. The quantitative estimate of drug-likeness (QED) is 0.861. The number of carbonyl (C=O) groups excluding carboxylic acids is 1. The van der Waals surface area contributed by atoms with Gasteiger partial charge in [-0.1, -0.05) is 0 Å². The van der Waals surface area contributed by atoms with Crippen molar-refractivity contribution in [2.45, 2.75) is 25.9 Å². The predicted molar refractivity (Wildman–Crippen MR) is 84.1 cm³/mol. The third-order valence-corrected chi connectivity index (χ3v) is 4.10. The van der Waals surface area contributed by atoms with Gasteiger partial charge in [0.05, 0.1) is 12.3 Å². The Hall–Kier alpha value is -1.11. The lowest BCUT2D eigenvalue weighted by atomic mass is 10.1. The van der Waals surface area contributed by atoms with E-state index in [1.54, 1.807) is 7.11 Å². The summed E-state index contributed by atoms with van der Waals surface area (Å²) in [6.07, 6.45) is 0. The number of rotatable bonds is 5. The van der Waals surface area contributed by atoms with Crippen molar-refractivity contribution in [3.8, 4) is 0 Å². The molecule has 0 spiro atoms. The fourth-order valence-corrected chi connectivity index (χ4v) is 2.95. The average Bonchev–Trinajstić information content (AvgIpc) is 2.66. The summed E-state index contributed by atoms with van der Waals surface area (Å²) in [4.78, 5) is 13.9. The fraction of sp³-hybridized carbons (Fsp3) is 0.500. The molecule has 110 valence electrons. The molecule has 0 radical (unpaired) electrons. The molecule has 0 saturated carbocycles. The second kappa shape index (κ2) is 6.11. The van der Waals surface area contributed by atoms with E-state index < -0.39 is 6.04 Å². The zero-order valence-corrected chi connectivity index (χ0v) is 13.5. The van der Waals surface area contributed by atoms with Crippen LogP contribution in [0.15, 0.2) is 16.6 Å². The zero-order valence-electron chi connectivity index (χ0n) is 11.9. The van der Waals surface area contributed by atoms with Crippen molar-refractivity contribution >= 4 is 33.2 Å². The highest BCUT2D eigenvalue weighted by molar-refractivity contribution is 9.10. The largest absolute Gasteiger partial charge is 0.383 e. The Bertz CT molecular complexity index is 519. The van der Waals surface area contributed by atoms with E-state index in [9.17, 15) is 4.79 Å². The molecular weight excluding hydrogens is 322 g/mol. The SMILES string of the molecule is COCCN(c1cc2c(cc1Br)C(N)C(=O)N2)C(C)C. The van der Waals surface area contributed by atoms with Gasteiger partial charge in [-0.2, -0.15) is 0 Å². The Kier molecular flexibility index (Phi) is 4.67. The van der Waals surface area contributed by atoms with Crippen molar-refractivity contribution in [1.82, 2.24) is 0 Å². The van der Waals surface area contributed by atoms with Gasteiger partial charge in [-0.05, 0) is 41.9 Å². The van der Waals surface area contributed by atoms with Crippen LogP contribution in [0.4, 0.5) is 11.4 Å². The van der Waals surface area contributed by atoms with Crippen LogP contribution in [0.2, 0.25) is 0 Å². The van der Waals surface area contributed by atoms with E-state index in [0.29, 0.717) is 12.6 Å². The highest BCUT2D eigenvalue weighted by atomic mass is 79.9. The van der Waals surface area contributed by atoms with Gasteiger partial charge in [0.1, 0.15) is 6.04 Å². The van der Waals surface area contributed by atoms with Gasteiger partial charge in [-0.15, -0.1) is 0 Å². The maximum Gasteiger partial charge on any atom is 0.245 e. The molecule has 6 heteroatoms. The summed E-state index contributed by atoms with van der Waals surface area (Å²) in [6.45, 7) is 5.68. The predicted octanol–water partition coefficient (Wildman–Crippen LogP) is 2.26. The molecule has 1 aliphatic rings. The van der Waals surface area contributed by atoms with Crippen molar-refractivity contribution in [1.29, 1.82) is 0 Å². The van der Waals surface area contributed by atoms with Crippen molar-refractivity contribution in [3.05, 3.63) is 22.2 Å². The van der Waals surface area contributed by atoms with Gasteiger partial charge in [-0.25, -0.2) is 0 Å². The molecule has 1 amide bonds. The number of nitrogens with one attached hydrogen (secondary N) is 1. The number of hydrogen-bond acceptors (Lipinski definition) is 4. The van der Waals surface area contributed by atoms with Gasteiger partial charge in [-0.3, -0.25) is 4.79 Å². The Labute approximate surface area is 127 Å². The van der Waals surface area contributed by atoms with E-state index in [-0.39, 0.29) is 5.91 Å². The number of amides is 1. The molecule has 1 aromatic rings. The number of hydrogen-bond donors (Lipinski definition) is 2. The van der Waals surface area contributed by atoms with Gasteiger partial charge in [0.15, 0.2) is 0 Å². The van der Waals surface area contributed by atoms with E-state index in [1.165, 1.54) is 0 Å². The molecule has 1 heterocycles. The van der Waals surface area contributed by atoms with E-state index in [0.717, 1.165) is 28.0 Å².